The third-order valence-corrected chi connectivity index (χ3v) is 4.81. The SMILES string of the molecule is O=C(COC(=O)CCN1C(=O)NC2(CCCC2)C1=O)Nc1ccc(F)cc1F. The summed E-state index contributed by atoms with van der Waals surface area (Å²) < 4.78 is 31.1. The molecular formula is C18H19F2N3O5. The Morgan fingerprint density at radius 1 is 1.21 bits per heavy atom. The molecular weight excluding hydrogens is 376 g/mol. The lowest BCUT2D eigenvalue weighted by Gasteiger charge is -2.19. The van der Waals surface area contributed by atoms with Crippen LogP contribution in [0.25, 0.3) is 0 Å². The first-order chi connectivity index (χ1) is 13.3. The number of esters is 1. The van der Waals surface area contributed by atoms with Gasteiger partial charge in [0.2, 0.25) is 0 Å². The van der Waals surface area contributed by atoms with Gasteiger partial charge in [-0.2, -0.15) is 0 Å². The normalized spacial score (nSPS) is 17.7. The van der Waals surface area contributed by atoms with Crippen LogP contribution in [0.5, 0.6) is 0 Å². The fourth-order valence-corrected chi connectivity index (χ4v) is 3.40. The Bertz CT molecular complexity index is 823. The highest BCUT2D eigenvalue weighted by molar-refractivity contribution is 6.07. The fraction of sp³-hybridized carbons (Fsp3) is 0.444. The molecule has 1 spiro atoms. The van der Waals surface area contributed by atoms with Crippen molar-refractivity contribution in [3.8, 4) is 0 Å². The molecule has 0 unspecified atom stereocenters. The summed E-state index contributed by atoms with van der Waals surface area (Å²) in [5, 5.41) is 4.85. The summed E-state index contributed by atoms with van der Waals surface area (Å²) in [6.07, 6.45) is 2.60. The Hall–Kier alpha value is -3.04. The van der Waals surface area contributed by atoms with Crippen molar-refractivity contribution in [2.24, 2.45) is 0 Å². The van der Waals surface area contributed by atoms with Crippen molar-refractivity contribution in [1.29, 1.82) is 0 Å². The van der Waals surface area contributed by atoms with Gasteiger partial charge >= 0.3 is 12.0 Å². The van der Waals surface area contributed by atoms with Crippen LogP contribution < -0.4 is 10.6 Å². The number of ether oxygens (including phenoxy) is 1. The molecule has 1 aliphatic heterocycles. The number of hydrogen-bond acceptors (Lipinski definition) is 5. The van der Waals surface area contributed by atoms with E-state index in [2.05, 4.69) is 10.6 Å². The van der Waals surface area contributed by atoms with Gasteiger partial charge in [-0.25, -0.2) is 13.6 Å². The van der Waals surface area contributed by atoms with Gasteiger partial charge in [-0.05, 0) is 25.0 Å². The molecule has 1 aromatic rings. The van der Waals surface area contributed by atoms with Crippen LogP contribution in [0.1, 0.15) is 32.1 Å². The van der Waals surface area contributed by atoms with Gasteiger partial charge in [0.15, 0.2) is 6.61 Å². The zero-order chi connectivity index (χ0) is 20.3. The molecule has 150 valence electrons. The van der Waals surface area contributed by atoms with Crippen molar-refractivity contribution in [2.45, 2.75) is 37.6 Å². The number of halogens is 2. The predicted octanol–water partition coefficient (Wildman–Crippen LogP) is 1.70. The monoisotopic (exact) mass is 395 g/mol. The van der Waals surface area contributed by atoms with Crippen molar-refractivity contribution in [1.82, 2.24) is 10.2 Å². The van der Waals surface area contributed by atoms with Crippen LogP contribution in [-0.4, -0.2) is 47.4 Å². The Morgan fingerprint density at radius 3 is 2.61 bits per heavy atom. The molecule has 1 saturated carbocycles. The van der Waals surface area contributed by atoms with Crippen molar-refractivity contribution >= 4 is 29.5 Å². The van der Waals surface area contributed by atoms with E-state index in [1.165, 1.54) is 0 Å². The molecule has 0 atom stereocenters. The van der Waals surface area contributed by atoms with E-state index in [9.17, 15) is 28.0 Å². The average Bonchev–Trinajstić information content (AvgIpc) is 3.20. The number of carbonyl (C=O) groups excluding carboxylic acids is 4. The number of nitrogens with zero attached hydrogens (tertiary/aromatic N) is 1. The lowest BCUT2D eigenvalue weighted by molar-refractivity contribution is -0.147. The first-order valence-corrected chi connectivity index (χ1v) is 8.85. The van der Waals surface area contributed by atoms with Gasteiger partial charge in [-0.1, -0.05) is 12.8 Å². The molecule has 2 fully saturated rings. The van der Waals surface area contributed by atoms with E-state index in [0.29, 0.717) is 18.9 Å². The second-order valence-electron chi connectivity index (χ2n) is 6.76. The summed E-state index contributed by atoms with van der Waals surface area (Å²) in [5.74, 6) is -3.69. The third-order valence-electron chi connectivity index (χ3n) is 4.81. The van der Waals surface area contributed by atoms with Crippen LogP contribution in [0.15, 0.2) is 18.2 Å². The molecule has 1 saturated heterocycles. The molecule has 10 heteroatoms. The Labute approximate surface area is 159 Å². The van der Waals surface area contributed by atoms with E-state index in [1.54, 1.807) is 0 Å². The van der Waals surface area contributed by atoms with Gasteiger partial charge in [0.25, 0.3) is 11.8 Å². The van der Waals surface area contributed by atoms with E-state index < -0.39 is 41.7 Å². The van der Waals surface area contributed by atoms with Crippen LogP contribution in [0.4, 0.5) is 19.3 Å². The highest BCUT2D eigenvalue weighted by atomic mass is 19.1. The number of rotatable bonds is 6. The first kappa shape index (κ1) is 19.7. The second kappa shape index (κ2) is 7.91. The van der Waals surface area contributed by atoms with E-state index in [0.717, 1.165) is 29.9 Å². The van der Waals surface area contributed by atoms with Crippen LogP contribution >= 0.6 is 0 Å². The minimum absolute atomic E-state index is 0.153. The quantitative estimate of drug-likeness (QED) is 0.564. The van der Waals surface area contributed by atoms with Gasteiger partial charge in [0, 0.05) is 12.6 Å². The molecule has 2 aliphatic rings. The Kier molecular flexibility index (Phi) is 5.57. The van der Waals surface area contributed by atoms with E-state index in [1.807, 2.05) is 0 Å². The maximum absolute atomic E-state index is 13.5. The maximum atomic E-state index is 13.5. The van der Waals surface area contributed by atoms with Crippen molar-refractivity contribution in [3.05, 3.63) is 29.8 Å². The predicted molar refractivity (Wildman–Crippen MR) is 92.0 cm³/mol. The van der Waals surface area contributed by atoms with Crippen molar-refractivity contribution in [3.63, 3.8) is 0 Å². The molecule has 28 heavy (non-hydrogen) atoms. The van der Waals surface area contributed by atoms with Gasteiger partial charge in [-0.3, -0.25) is 19.3 Å². The van der Waals surface area contributed by atoms with Crippen LogP contribution in [-0.2, 0) is 19.1 Å². The maximum Gasteiger partial charge on any atom is 0.325 e. The minimum atomic E-state index is -0.959. The number of imide groups is 1. The van der Waals surface area contributed by atoms with E-state index >= 15 is 0 Å². The summed E-state index contributed by atoms with van der Waals surface area (Å²) in [6.45, 7) is -0.834. The van der Waals surface area contributed by atoms with E-state index in [4.69, 9.17) is 4.74 Å². The molecule has 1 heterocycles. The molecule has 0 radical (unpaired) electrons. The summed E-state index contributed by atoms with van der Waals surface area (Å²) in [5.41, 5.74) is -1.09. The van der Waals surface area contributed by atoms with Gasteiger partial charge in [0.05, 0.1) is 12.1 Å². The molecule has 2 N–H and O–H groups in total. The molecule has 3 rings (SSSR count). The zero-order valence-electron chi connectivity index (χ0n) is 14.9. The van der Waals surface area contributed by atoms with Gasteiger partial charge in [-0.15, -0.1) is 0 Å². The molecule has 1 aliphatic carbocycles. The lowest BCUT2D eigenvalue weighted by atomic mass is 9.98. The zero-order valence-corrected chi connectivity index (χ0v) is 14.9. The van der Waals surface area contributed by atoms with Gasteiger partial charge < -0.3 is 15.4 Å². The third kappa shape index (κ3) is 4.10. The number of benzene rings is 1. The van der Waals surface area contributed by atoms with Crippen LogP contribution in [0, 0.1) is 11.6 Å². The molecule has 1 aromatic carbocycles. The highest BCUT2D eigenvalue weighted by Crippen LogP contribution is 2.35. The number of hydrogen-bond donors (Lipinski definition) is 2. The van der Waals surface area contributed by atoms with Crippen molar-refractivity contribution < 1.29 is 32.7 Å². The lowest BCUT2D eigenvalue weighted by Crippen LogP contribution is -2.44. The Balaban J connectivity index is 1.44. The molecule has 8 nitrogen and oxygen atoms in total. The van der Waals surface area contributed by atoms with Gasteiger partial charge in [0.1, 0.15) is 17.2 Å². The summed E-state index contributed by atoms with van der Waals surface area (Å²) in [6, 6.07) is 2.08. The summed E-state index contributed by atoms with van der Waals surface area (Å²) in [4.78, 5) is 48.9. The molecule has 0 bridgehead atoms. The molecule has 4 amide bonds. The van der Waals surface area contributed by atoms with Crippen molar-refractivity contribution in [2.75, 3.05) is 18.5 Å². The smallest absolute Gasteiger partial charge is 0.325 e. The van der Waals surface area contributed by atoms with Crippen LogP contribution in [0.3, 0.4) is 0 Å². The topological polar surface area (TPSA) is 105 Å². The standard InChI is InChI=1S/C18H19F2N3O5/c19-11-3-4-13(12(20)9-11)21-14(24)10-28-15(25)5-8-23-16(26)18(22-17(23)27)6-1-2-7-18/h3-4,9H,1-2,5-8,10H2,(H,21,24)(H,22,27). The summed E-state index contributed by atoms with van der Waals surface area (Å²) >= 11 is 0. The first-order valence-electron chi connectivity index (χ1n) is 8.85. The minimum Gasteiger partial charge on any atom is -0.456 e. The van der Waals surface area contributed by atoms with E-state index in [-0.39, 0.29) is 24.6 Å². The second-order valence-corrected chi connectivity index (χ2v) is 6.76. The number of carbonyl (C=O) groups is 4. The number of anilines is 1. The number of urea groups is 1. The average molecular weight is 395 g/mol. The highest BCUT2D eigenvalue weighted by Gasteiger charge is 2.52. The number of nitrogens with one attached hydrogen (secondary N) is 2. The fourth-order valence-electron chi connectivity index (χ4n) is 3.40. The summed E-state index contributed by atoms with van der Waals surface area (Å²) in [7, 11) is 0. The number of amides is 4. The van der Waals surface area contributed by atoms with Crippen LogP contribution in [0.2, 0.25) is 0 Å². The largest absolute Gasteiger partial charge is 0.456 e. The Morgan fingerprint density at radius 2 is 1.93 bits per heavy atom. The molecule has 0 aromatic heterocycles.